The third kappa shape index (κ3) is 1.97. The van der Waals surface area contributed by atoms with E-state index in [4.69, 9.17) is 0 Å². The van der Waals surface area contributed by atoms with E-state index in [0.717, 1.165) is 36.1 Å². The third-order valence-corrected chi connectivity index (χ3v) is 3.37. The Morgan fingerprint density at radius 3 is 3.06 bits per heavy atom. The molecule has 2 heterocycles. The highest BCUT2D eigenvalue weighted by atomic mass is 15.4. The lowest BCUT2D eigenvalue weighted by Gasteiger charge is -2.17. The van der Waals surface area contributed by atoms with Crippen molar-refractivity contribution < 1.29 is 0 Å². The lowest BCUT2D eigenvalue weighted by Crippen LogP contribution is -2.18. The van der Waals surface area contributed by atoms with Crippen LogP contribution in [0.4, 0.5) is 0 Å². The first-order valence-electron chi connectivity index (χ1n) is 6.23. The van der Waals surface area contributed by atoms with Gasteiger partial charge in [0.25, 0.3) is 0 Å². The predicted octanol–water partition coefficient (Wildman–Crippen LogP) is 2.84. The van der Waals surface area contributed by atoms with E-state index in [1.807, 2.05) is 0 Å². The molecule has 1 aromatic heterocycles. The second kappa shape index (κ2) is 3.99. The summed E-state index contributed by atoms with van der Waals surface area (Å²) in [6.45, 7) is 5.38. The molecule has 0 radical (unpaired) electrons. The van der Waals surface area contributed by atoms with Crippen LogP contribution in [0, 0.1) is 12.8 Å². The van der Waals surface area contributed by atoms with E-state index >= 15 is 0 Å². The van der Waals surface area contributed by atoms with E-state index < -0.39 is 0 Å². The molecule has 1 aromatic carbocycles. The van der Waals surface area contributed by atoms with Crippen LogP contribution in [0.5, 0.6) is 0 Å². The van der Waals surface area contributed by atoms with E-state index in [2.05, 4.69) is 52.9 Å². The highest BCUT2D eigenvalue weighted by molar-refractivity contribution is 5.55. The van der Waals surface area contributed by atoms with Gasteiger partial charge in [0.1, 0.15) is 5.82 Å². The molecule has 0 aliphatic carbocycles. The van der Waals surface area contributed by atoms with Gasteiger partial charge in [-0.3, -0.25) is 0 Å². The van der Waals surface area contributed by atoms with Gasteiger partial charge in [0.2, 0.25) is 0 Å². The van der Waals surface area contributed by atoms with Crippen molar-refractivity contribution in [1.29, 1.82) is 0 Å². The van der Waals surface area contributed by atoms with Crippen molar-refractivity contribution in [2.24, 2.45) is 5.92 Å². The van der Waals surface area contributed by atoms with E-state index in [9.17, 15) is 0 Å². The number of nitrogens with zero attached hydrogens (tertiary/aromatic N) is 3. The summed E-state index contributed by atoms with van der Waals surface area (Å²) in [6, 6.07) is 8.39. The first kappa shape index (κ1) is 10.5. The zero-order valence-corrected chi connectivity index (χ0v) is 10.3. The summed E-state index contributed by atoms with van der Waals surface area (Å²) in [5.41, 5.74) is 2.38. The van der Waals surface area contributed by atoms with Crippen molar-refractivity contribution in [3.63, 3.8) is 0 Å². The normalized spacial score (nSPS) is 19.1. The Kier molecular flexibility index (Phi) is 2.46. The molecule has 2 aromatic rings. The Morgan fingerprint density at radius 2 is 2.24 bits per heavy atom. The number of hydrogen-bond acceptors (Lipinski definition) is 2. The maximum Gasteiger partial charge on any atom is 0.181 e. The van der Waals surface area contributed by atoms with Crippen LogP contribution in [0.1, 0.15) is 24.7 Å². The van der Waals surface area contributed by atoms with Gasteiger partial charge in [-0.05, 0) is 25.3 Å². The van der Waals surface area contributed by atoms with Gasteiger partial charge >= 0.3 is 0 Å². The molecule has 3 rings (SSSR count). The smallest absolute Gasteiger partial charge is 0.181 e. The zero-order chi connectivity index (χ0) is 11.8. The van der Waals surface area contributed by atoms with Crippen LogP contribution in [0.3, 0.4) is 0 Å². The van der Waals surface area contributed by atoms with E-state index in [1.54, 1.807) is 0 Å². The molecule has 1 unspecified atom stereocenters. The van der Waals surface area contributed by atoms with Crippen LogP contribution in [0.2, 0.25) is 0 Å². The van der Waals surface area contributed by atoms with Crippen molar-refractivity contribution in [1.82, 2.24) is 14.8 Å². The minimum Gasteiger partial charge on any atom is -0.249 e. The number of fused-ring (bicyclic) bond motifs is 1. The fraction of sp³-hybridized carbons (Fsp3) is 0.429. The quantitative estimate of drug-likeness (QED) is 0.750. The minimum absolute atomic E-state index is 0.717. The SMILES string of the molecule is Cc1cccc(-c2nc3n(n2)CC(C)CC3)c1. The first-order chi connectivity index (χ1) is 8.22. The molecule has 3 nitrogen and oxygen atoms in total. The number of rotatable bonds is 1. The molecule has 1 aliphatic rings. The first-order valence-corrected chi connectivity index (χ1v) is 6.23. The summed E-state index contributed by atoms with van der Waals surface area (Å²) < 4.78 is 2.08. The molecular formula is C14H17N3. The van der Waals surface area contributed by atoms with E-state index in [-0.39, 0.29) is 0 Å². The van der Waals surface area contributed by atoms with Gasteiger partial charge in [-0.1, -0.05) is 30.7 Å². The van der Waals surface area contributed by atoms with Crippen molar-refractivity contribution in [3.05, 3.63) is 35.7 Å². The Labute approximate surface area is 101 Å². The number of aromatic nitrogens is 3. The molecule has 0 saturated heterocycles. The average Bonchev–Trinajstić information content (AvgIpc) is 2.72. The van der Waals surface area contributed by atoms with E-state index in [0.29, 0.717) is 0 Å². The topological polar surface area (TPSA) is 30.7 Å². The molecule has 0 bridgehead atoms. The monoisotopic (exact) mass is 227 g/mol. The maximum absolute atomic E-state index is 4.65. The van der Waals surface area contributed by atoms with Gasteiger partial charge in [-0.2, -0.15) is 5.10 Å². The van der Waals surface area contributed by atoms with Gasteiger partial charge < -0.3 is 0 Å². The van der Waals surface area contributed by atoms with Crippen molar-refractivity contribution >= 4 is 0 Å². The molecule has 0 fully saturated rings. The van der Waals surface area contributed by atoms with Crippen LogP contribution in [0.25, 0.3) is 11.4 Å². The standard InChI is InChI=1S/C14H17N3/c1-10-4-3-5-12(8-10)14-15-13-7-6-11(2)9-17(13)16-14/h3-5,8,11H,6-7,9H2,1-2H3. The summed E-state index contributed by atoms with van der Waals surface area (Å²) in [5.74, 6) is 2.73. The molecule has 88 valence electrons. The molecule has 1 aliphatic heterocycles. The molecule has 0 saturated carbocycles. The summed E-state index contributed by atoms with van der Waals surface area (Å²) in [6.07, 6.45) is 2.28. The lowest BCUT2D eigenvalue weighted by molar-refractivity contribution is 0.368. The predicted molar refractivity (Wildman–Crippen MR) is 67.7 cm³/mol. The zero-order valence-electron chi connectivity index (χ0n) is 10.3. The second-order valence-electron chi connectivity index (χ2n) is 5.05. The Hall–Kier alpha value is -1.64. The Morgan fingerprint density at radius 1 is 1.35 bits per heavy atom. The largest absolute Gasteiger partial charge is 0.249 e. The Bertz CT molecular complexity index is 542. The molecule has 3 heteroatoms. The fourth-order valence-electron chi connectivity index (χ4n) is 2.37. The minimum atomic E-state index is 0.717. The average molecular weight is 227 g/mol. The molecule has 0 amide bonds. The third-order valence-electron chi connectivity index (χ3n) is 3.37. The summed E-state index contributed by atoms with van der Waals surface area (Å²) in [4.78, 5) is 4.65. The lowest BCUT2D eigenvalue weighted by atomic mass is 10.0. The maximum atomic E-state index is 4.65. The van der Waals surface area contributed by atoms with Gasteiger partial charge in [0.15, 0.2) is 5.82 Å². The van der Waals surface area contributed by atoms with E-state index in [1.165, 1.54) is 12.0 Å². The van der Waals surface area contributed by atoms with Crippen molar-refractivity contribution in [3.8, 4) is 11.4 Å². The molecule has 1 atom stereocenters. The molecular weight excluding hydrogens is 210 g/mol. The highest BCUT2D eigenvalue weighted by Gasteiger charge is 2.18. The number of aryl methyl sites for hydroxylation is 2. The second-order valence-corrected chi connectivity index (χ2v) is 5.05. The van der Waals surface area contributed by atoms with Crippen LogP contribution >= 0.6 is 0 Å². The van der Waals surface area contributed by atoms with Gasteiger partial charge in [-0.15, -0.1) is 0 Å². The molecule has 0 spiro atoms. The number of hydrogen-bond donors (Lipinski definition) is 0. The fourth-order valence-corrected chi connectivity index (χ4v) is 2.37. The van der Waals surface area contributed by atoms with Crippen LogP contribution in [0.15, 0.2) is 24.3 Å². The van der Waals surface area contributed by atoms with Crippen molar-refractivity contribution in [2.45, 2.75) is 33.2 Å². The van der Waals surface area contributed by atoms with Crippen LogP contribution in [-0.2, 0) is 13.0 Å². The summed E-state index contributed by atoms with van der Waals surface area (Å²) in [7, 11) is 0. The highest BCUT2D eigenvalue weighted by Crippen LogP contribution is 2.22. The molecule has 17 heavy (non-hydrogen) atoms. The molecule has 0 N–H and O–H groups in total. The summed E-state index contributed by atoms with van der Waals surface area (Å²) in [5, 5.41) is 4.62. The van der Waals surface area contributed by atoms with Gasteiger partial charge in [0.05, 0.1) is 0 Å². The van der Waals surface area contributed by atoms with Gasteiger partial charge in [-0.25, -0.2) is 9.67 Å². The Balaban J connectivity index is 2.00. The van der Waals surface area contributed by atoms with Crippen LogP contribution < -0.4 is 0 Å². The van der Waals surface area contributed by atoms with Crippen LogP contribution in [-0.4, -0.2) is 14.8 Å². The van der Waals surface area contributed by atoms with Gasteiger partial charge in [0, 0.05) is 18.5 Å². The number of benzene rings is 1. The van der Waals surface area contributed by atoms with Crippen molar-refractivity contribution in [2.75, 3.05) is 0 Å². The summed E-state index contributed by atoms with van der Waals surface area (Å²) >= 11 is 0.